The van der Waals surface area contributed by atoms with Gasteiger partial charge in [-0.1, -0.05) is 109 Å². The van der Waals surface area contributed by atoms with E-state index in [9.17, 15) is 62.6 Å². The topological polar surface area (TPSA) is 337 Å². The minimum absolute atomic E-state index is 0.0600. The number of likely N-dealkylation sites (N-methyl/N-ethyl adjacent to an activating group) is 6. The Morgan fingerprint density at radius 2 is 1.09 bits per heavy atom. The lowest BCUT2D eigenvalue weighted by Crippen LogP contribution is -2.63. The zero-order valence-corrected chi connectivity index (χ0v) is 59.5. The van der Waals surface area contributed by atoms with Crippen LogP contribution in [-0.4, -0.2) is 250 Å². The molecule has 96 heavy (non-hydrogen) atoms. The van der Waals surface area contributed by atoms with Crippen LogP contribution in [0.15, 0.2) is 60.7 Å². The number of rotatable bonds is 15. The maximum Gasteiger partial charge on any atom is 0.248 e. The van der Waals surface area contributed by atoms with Crippen LogP contribution in [0.4, 0.5) is 0 Å². The summed E-state index contributed by atoms with van der Waals surface area (Å²) >= 11 is 0. The number of aliphatic hydroxyl groups excluding tert-OH is 1. The molecule has 13 amide bonds. The predicted molar refractivity (Wildman–Crippen MR) is 360 cm³/mol. The van der Waals surface area contributed by atoms with Crippen LogP contribution in [0.25, 0.3) is 0 Å². The summed E-state index contributed by atoms with van der Waals surface area (Å²) in [5.41, 5.74) is 1.22. The van der Waals surface area contributed by atoms with Crippen LogP contribution in [0.3, 0.4) is 0 Å². The first-order chi connectivity index (χ1) is 45.0. The molecule has 2 saturated heterocycles. The van der Waals surface area contributed by atoms with Crippen LogP contribution >= 0.6 is 0 Å². The molecule has 532 valence electrons. The van der Waals surface area contributed by atoms with E-state index in [1.54, 1.807) is 100 Å². The molecule has 2 aliphatic rings. The third-order valence-electron chi connectivity index (χ3n) is 18.6. The molecule has 2 aromatic rings. The van der Waals surface area contributed by atoms with Crippen LogP contribution in [0.1, 0.15) is 133 Å². The number of carbonyl (C=O) groups excluding carboxylic acids is 13. The molecule has 27 nitrogen and oxygen atoms in total. The molecule has 2 fully saturated rings. The Kier molecular flexibility index (Phi) is 30.5. The Bertz CT molecular complexity index is 3050. The molecule has 0 saturated carbocycles. The molecule has 27 heteroatoms. The summed E-state index contributed by atoms with van der Waals surface area (Å²) in [6, 6.07) is 0.793. The number of carbonyl (C=O) groups is 13. The van der Waals surface area contributed by atoms with Gasteiger partial charge in [0.05, 0.1) is 12.5 Å². The van der Waals surface area contributed by atoms with Gasteiger partial charge < -0.3 is 71.3 Å². The van der Waals surface area contributed by atoms with Gasteiger partial charge in [0.1, 0.15) is 72.5 Å². The van der Waals surface area contributed by atoms with Crippen LogP contribution in [0.5, 0.6) is 0 Å². The highest BCUT2D eigenvalue weighted by molar-refractivity contribution is 6.01. The zero-order valence-electron chi connectivity index (χ0n) is 59.5. The number of hydrogen-bond donors (Lipinski definition) is 7. The molecule has 0 aromatic heterocycles. The van der Waals surface area contributed by atoms with Crippen LogP contribution in [0.2, 0.25) is 0 Å². The number of nitrogens with one attached hydrogen (secondary N) is 6. The highest BCUT2D eigenvalue weighted by atomic mass is 16.3. The third kappa shape index (κ3) is 21.3. The summed E-state index contributed by atoms with van der Waals surface area (Å²) in [7, 11) is 7.98. The summed E-state index contributed by atoms with van der Waals surface area (Å²) in [4.78, 5) is 198. The number of amides is 13. The molecule has 0 radical (unpaired) electrons. The van der Waals surface area contributed by atoms with E-state index in [4.69, 9.17) is 0 Å². The van der Waals surface area contributed by atoms with E-state index in [0.717, 1.165) is 43.8 Å². The number of aliphatic hydroxyl groups is 1. The van der Waals surface area contributed by atoms with Crippen LogP contribution in [0, 0.1) is 17.8 Å². The summed E-state index contributed by atoms with van der Waals surface area (Å²) in [5.74, 6) is -11.6. The van der Waals surface area contributed by atoms with Gasteiger partial charge in [-0.25, -0.2) is 0 Å². The SMILES string of the molecule is CC[C@H](C)[C@@H]1NC(=O)[C@H](C)N(C)C(=O)[C@H]([C@@H](C)O)NC(=O)[C@H](C(C)C)N(C)C(=O)[C@H](C)N(C)C(=O)[C@H](Cc2ccccc2)NC(=O)[C@H](C)NC(=O)C[C@@H](C(=O)N(C)[C@@H](Cc2ccccc2)C(=O)N[C@@H](C)C(=O)N2CCCCC2)NC(=O)[C@H](C)N(C)C(=O)[C@H](CC(C)C)N(C)C1=O. The smallest absolute Gasteiger partial charge is 0.248 e. The van der Waals surface area contributed by atoms with E-state index in [0.29, 0.717) is 30.6 Å². The van der Waals surface area contributed by atoms with E-state index in [-0.39, 0.29) is 31.1 Å². The van der Waals surface area contributed by atoms with Crippen molar-refractivity contribution < 1.29 is 67.4 Å². The van der Waals surface area contributed by atoms with E-state index >= 15 is 4.79 Å². The highest BCUT2D eigenvalue weighted by Gasteiger charge is 2.44. The standard InChI is InChI=1S/C69H107N13O14/c1-19-41(6)55-68(95)80(17)53(35-39(2)3)67(94)76(13)44(9)59(86)73-51(66(93)79(16)52(37-49-31-25-21-26-32-49)61(88)71-43(8)63(90)82-33-27-22-28-34-82)38-54(84)70-42(7)58(85)72-50(36-48-29-23-20-24-30-48)65(92)78(15)46(11)64(91)81(18)57(40(4)5)62(89)75-56(47(12)83)69(96)77(14)45(10)60(87)74-55/h20-21,23-26,29-32,39-47,50-53,55-57,83H,19,22,27-28,33-38H2,1-18H3,(H,70,84)(H,71,88)(H,72,85)(H,73,86)(H,74,87)(H,75,89)/t41-,42-,43-,44-,45-,46-,47+,50-,51-,52-,53-,55-,56-,57-/m0/s1. The molecule has 2 aliphatic heterocycles. The first kappa shape index (κ1) is 79.9. The van der Waals surface area contributed by atoms with Gasteiger partial charge in [0.15, 0.2) is 0 Å². The van der Waals surface area contributed by atoms with Gasteiger partial charge in [-0.3, -0.25) is 62.3 Å². The Hall–Kier alpha value is -8.49. The largest absolute Gasteiger partial charge is 0.391 e. The number of nitrogens with zero attached hydrogens (tertiary/aromatic N) is 7. The second-order valence-corrected chi connectivity index (χ2v) is 26.8. The van der Waals surface area contributed by atoms with E-state index in [1.165, 1.54) is 81.8 Å². The van der Waals surface area contributed by atoms with Gasteiger partial charge >= 0.3 is 0 Å². The first-order valence-electron chi connectivity index (χ1n) is 33.4. The Labute approximate surface area is 566 Å². The molecule has 0 spiro atoms. The first-order valence-corrected chi connectivity index (χ1v) is 33.4. The van der Waals surface area contributed by atoms with Crippen LogP contribution < -0.4 is 31.9 Å². The predicted octanol–water partition coefficient (Wildman–Crippen LogP) is 0.987. The lowest BCUT2D eigenvalue weighted by molar-refractivity contribution is -0.151. The quantitative estimate of drug-likeness (QED) is 0.131. The van der Waals surface area contributed by atoms with Gasteiger partial charge in [0.25, 0.3) is 0 Å². The molecular weight excluding hydrogens is 1230 g/mol. The maximum absolute atomic E-state index is 15.3. The van der Waals surface area contributed by atoms with Crippen molar-refractivity contribution in [2.45, 2.75) is 213 Å². The fourth-order valence-corrected chi connectivity index (χ4v) is 11.8. The van der Waals surface area contributed by atoms with Crippen molar-refractivity contribution in [3.63, 3.8) is 0 Å². The number of piperidine rings is 1. The van der Waals surface area contributed by atoms with Crippen molar-refractivity contribution in [3.8, 4) is 0 Å². The molecule has 2 heterocycles. The number of benzene rings is 2. The normalized spacial score (nSPS) is 25.8. The fourth-order valence-electron chi connectivity index (χ4n) is 11.8. The Balaban J connectivity index is 1.89. The Morgan fingerprint density at radius 1 is 0.583 bits per heavy atom. The van der Waals surface area contributed by atoms with Crippen LogP contribution in [-0.2, 0) is 75.2 Å². The molecule has 0 bridgehead atoms. The average Bonchev–Trinajstić information content (AvgIpc) is 0.845. The summed E-state index contributed by atoms with van der Waals surface area (Å²) in [5, 5.41) is 27.1. The third-order valence-corrected chi connectivity index (χ3v) is 18.6. The van der Waals surface area contributed by atoms with Crippen molar-refractivity contribution in [3.05, 3.63) is 71.8 Å². The molecule has 4 rings (SSSR count). The van der Waals surface area contributed by atoms with Crippen molar-refractivity contribution in [1.82, 2.24) is 66.2 Å². The fraction of sp³-hybridized carbons (Fsp3) is 0.638. The maximum atomic E-state index is 15.3. The summed E-state index contributed by atoms with van der Waals surface area (Å²) < 4.78 is 0. The monoisotopic (exact) mass is 1340 g/mol. The lowest BCUT2D eigenvalue weighted by Gasteiger charge is -2.38. The highest BCUT2D eigenvalue weighted by Crippen LogP contribution is 2.22. The molecule has 7 N–H and O–H groups in total. The van der Waals surface area contributed by atoms with E-state index in [2.05, 4.69) is 31.9 Å². The zero-order chi connectivity index (χ0) is 72.3. The molecule has 2 aromatic carbocycles. The van der Waals surface area contributed by atoms with Gasteiger partial charge in [-0.2, -0.15) is 0 Å². The molecule has 0 aliphatic carbocycles. The molecule has 14 atom stereocenters. The summed E-state index contributed by atoms with van der Waals surface area (Å²) in [6.07, 6.45) is 0.388. The second kappa shape index (κ2) is 36.6. The minimum atomic E-state index is -1.81. The number of likely N-dealkylation sites (tertiary alicyclic amines) is 1. The minimum Gasteiger partial charge on any atom is -0.391 e. The van der Waals surface area contributed by atoms with Gasteiger partial charge in [-0.05, 0) is 96.1 Å². The molecule has 0 unspecified atom stereocenters. The van der Waals surface area contributed by atoms with Gasteiger partial charge in [-0.15, -0.1) is 0 Å². The van der Waals surface area contributed by atoms with Crippen molar-refractivity contribution in [2.75, 3.05) is 55.4 Å². The van der Waals surface area contributed by atoms with Crippen molar-refractivity contribution in [1.29, 1.82) is 0 Å². The van der Waals surface area contributed by atoms with Gasteiger partial charge in [0.2, 0.25) is 76.8 Å². The molecular formula is C69H107N13O14. The average molecular weight is 1340 g/mol. The Morgan fingerprint density at radius 3 is 1.62 bits per heavy atom. The van der Waals surface area contributed by atoms with Crippen molar-refractivity contribution in [2.24, 2.45) is 17.8 Å². The second-order valence-electron chi connectivity index (χ2n) is 26.8. The van der Waals surface area contributed by atoms with Crippen molar-refractivity contribution >= 4 is 76.8 Å². The summed E-state index contributed by atoms with van der Waals surface area (Å²) in [6.45, 7) is 19.8. The lowest BCUT2D eigenvalue weighted by atomic mass is 9.95. The van der Waals surface area contributed by atoms with E-state index in [1.807, 2.05) is 13.8 Å². The van der Waals surface area contributed by atoms with Gasteiger partial charge in [0, 0.05) is 68.2 Å². The number of hydrogen-bond acceptors (Lipinski definition) is 14. The van der Waals surface area contributed by atoms with E-state index < -0.39 is 168 Å².